The maximum atomic E-state index is 13.1. The van der Waals surface area contributed by atoms with Gasteiger partial charge in [-0.2, -0.15) is 0 Å². The molecular weight excluding hydrogens is 500 g/mol. The molecule has 1 saturated carbocycles. The number of nitrogens with one attached hydrogen (secondary N) is 1. The zero-order valence-electron chi connectivity index (χ0n) is 19.7. The van der Waals surface area contributed by atoms with Gasteiger partial charge >= 0.3 is 5.97 Å². The highest BCUT2D eigenvalue weighted by atomic mass is 35.5. The number of hydrogen-bond acceptors (Lipinski definition) is 5. The van der Waals surface area contributed by atoms with Crippen molar-refractivity contribution in [3.05, 3.63) is 88.4 Å². The Balaban J connectivity index is 1.30. The van der Waals surface area contributed by atoms with Crippen molar-refractivity contribution >= 4 is 44.9 Å². The van der Waals surface area contributed by atoms with E-state index in [0.717, 1.165) is 24.0 Å². The van der Waals surface area contributed by atoms with Gasteiger partial charge in [-0.15, -0.1) is 0 Å². The second kappa shape index (κ2) is 9.26. The topological polar surface area (TPSA) is 92.8 Å². The Morgan fingerprint density at radius 1 is 1.03 bits per heavy atom. The van der Waals surface area contributed by atoms with Gasteiger partial charge in [0.15, 0.2) is 0 Å². The largest absolute Gasteiger partial charge is 0.465 e. The number of rotatable bonds is 7. The minimum Gasteiger partial charge on any atom is -0.465 e. The van der Waals surface area contributed by atoms with Crippen molar-refractivity contribution in [2.24, 2.45) is 0 Å². The Kier molecular flexibility index (Phi) is 6.26. The molecule has 3 aromatic rings. The number of nitrogens with zero attached hydrogens (tertiary/aromatic N) is 1. The second-order valence-corrected chi connectivity index (χ2v) is 11.3. The van der Waals surface area contributed by atoms with Crippen LogP contribution in [0.1, 0.15) is 41.3 Å². The van der Waals surface area contributed by atoms with Crippen LogP contribution in [0.4, 0.5) is 11.4 Å². The van der Waals surface area contributed by atoms with E-state index in [2.05, 4.69) is 5.32 Å². The molecule has 1 N–H and O–H groups in total. The van der Waals surface area contributed by atoms with E-state index in [-0.39, 0.29) is 16.8 Å². The molecule has 0 unspecified atom stereocenters. The molecule has 36 heavy (non-hydrogen) atoms. The van der Waals surface area contributed by atoms with Crippen molar-refractivity contribution in [1.82, 2.24) is 0 Å². The molecule has 1 aliphatic carbocycles. The summed E-state index contributed by atoms with van der Waals surface area (Å²) in [5.41, 5.74) is 2.74. The van der Waals surface area contributed by atoms with Crippen LogP contribution in [0.25, 0.3) is 0 Å². The van der Waals surface area contributed by atoms with Gasteiger partial charge in [0.1, 0.15) is 0 Å². The Morgan fingerprint density at radius 2 is 1.72 bits per heavy atom. The number of amides is 1. The number of carbonyl (C=O) groups excluding carboxylic acids is 2. The zero-order chi connectivity index (χ0) is 25.5. The van der Waals surface area contributed by atoms with E-state index in [0.29, 0.717) is 41.5 Å². The SMILES string of the molecule is CCOC(=O)C1(c2ccc(NC(=O)c3ccc4c(c3)CCN4S(=O)(=O)c3ccc(Cl)cc3)cc2)CC1. The van der Waals surface area contributed by atoms with Gasteiger partial charge < -0.3 is 10.1 Å². The number of hydrogen-bond donors (Lipinski definition) is 1. The van der Waals surface area contributed by atoms with Gasteiger partial charge in [0.05, 0.1) is 22.6 Å². The molecule has 0 bridgehead atoms. The summed E-state index contributed by atoms with van der Waals surface area (Å²) in [6.07, 6.45) is 2.03. The molecule has 0 atom stereocenters. The van der Waals surface area contributed by atoms with E-state index in [4.69, 9.17) is 16.3 Å². The van der Waals surface area contributed by atoms with Crippen LogP contribution < -0.4 is 9.62 Å². The first-order valence-electron chi connectivity index (χ1n) is 11.7. The molecule has 0 saturated heterocycles. The van der Waals surface area contributed by atoms with Crippen LogP contribution in [-0.2, 0) is 31.4 Å². The molecule has 5 rings (SSSR count). The summed E-state index contributed by atoms with van der Waals surface area (Å²) in [5, 5.41) is 3.34. The zero-order valence-corrected chi connectivity index (χ0v) is 21.2. The van der Waals surface area contributed by atoms with E-state index < -0.39 is 15.4 Å². The number of sulfonamides is 1. The Hall–Kier alpha value is -3.36. The first kappa shape index (κ1) is 24.3. The summed E-state index contributed by atoms with van der Waals surface area (Å²) in [5.74, 6) is -0.497. The third-order valence-electron chi connectivity index (χ3n) is 6.71. The number of benzene rings is 3. The summed E-state index contributed by atoms with van der Waals surface area (Å²) in [6.45, 7) is 2.44. The lowest BCUT2D eigenvalue weighted by Gasteiger charge is -2.20. The van der Waals surface area contributed by atoms with Crippen molar-refractivity contribution < 1.29 is 22.7 Å². The predicted molar refractivity (Wildman–Crippen MR) is 138 cm³/mol. The molecule has 9 heteroatoms. The van der Waals surface area contributed by atoms with E-state index in [1.54, 1.807) is 49.4 Å². The van der Waals surface area contributed by atoms with Gasteiger partial charge in [-0.3, -0.25) is 13.9 Å². The smallest absolute Gasteiger partial charge is 0.316 e. The molecule has 0 radical (unpaired) electrons. The molecule has 2 aliphatic rings. The molecule has 1 heterocycles. The minimum atomic E-state index is -3.73. The number of halogens is 1. The molecule has 0 spiro atoms. The Morgan fingerprint density at radius 3 is 2.36 bits per heavy atom. The second-order valence-electron chi connectivity index (χ2n) is 8.96. The Bertz CT molecular complexity index is 1430. The van der Waals surface area contributed by atoms with E-state index in [1.165, 1.54) is 16.4 Å². The van der Waals surface area contributed by atoms with E-state index in [9.17, 15) is 18.0 Å². The average Bonchev–Trinajstić information content (AvgIpc) is 3.57. The third kappa shape index (κ3) is 4.35. The van der Waals surface area contributed by atoms with Crippen LogP contribution in [0, 0.1) is 0 Å². The van der Waals surface area contributed by atoms with E-state index >= 15 is 0 Å². The van der Waals surface area contributed by atoms with Crippen LogP contribution in [0.5, 0.6) is 0 Å². The van der Waals surface area contributed by atoms with Crippen LogP contribution in [0.2, 0.25) is 5.02 Å². The maximum absolute atomic E-state index is 13.1. The van der Waals surface area contributed by atoms with Crippen molar-refractivity contribution in [3.8, 4) is 0 Å². The van der Waals surface area contributed by atoms with Crippen LogP contribution >= 0.6 is 11.6 Å². The molecular formula is C27H25ClN2O5S. The quantitative estimate of drug-likeness (QED) is 0.442. The monoisotopic (exact) mass is 524 g/mol. The minimum absolute atomic E-state index is 0.168. The Labute approximate surface area is 215 Å². The lowest BCUT2D eigenvalue weighted by molar-refractivity contribution is -0.146. The third-order valence-corrected chi connectivity index (χ3v) is 8.79. The van der Waals surface area contributed by atoms with Gasteiger partial charge in [-0.25, -0.2) is 8.42 Å². The summed E-state index contributed by atoms with van der Waals surface area (Å²) < 4.78 is 32.8. The van der Waals surface area contributed by atoms with Gasteiger partial charge in [0.25, 0.3) is 15.9 Å². The fourth-order valence-electron chi connectivity index (χ4n) is 4.58. The average molecular weight is 525 g/mol. The fourth-order valence-corrected chi connectivity index (χ4v) is 6.21. The lowest BCUT2D eigenvalue weighted by Crippen LogP contribution is -2.29. The van der Waals surface area contributed by atoms with Gasteiger partial charge in [-0.1, -0.05) is 23.7 Å². The fraction of sp³-hybridized carbons (Fsp3) is 0.259. The summed E-state index contributed by atoms with van der Waals surface area (Å²) in [4.78, 5) is 25.4. The van der Waals surface area contributed by atoms with Crippen molar-refractivity contribution in [3.63, 3.8) is 0 Å². The summed E-state index contributed by atoms with van der Waals surface area (Å²) >= 11 is 5.90. The molecule has 186 valence electrons. The molecule has 0 aromatic heterocycles. The highest BCUT2D eigenvalue weighted by Crippen LogP contribution is 2.49. The number of fused-ring (bicyclic) bond motifs is 1. The van der Waals surface area contributed by atoms with Crippen LogP contribution in [0.3, 0.4) is 0 Å². The van der Waals surface area contributed by atoms with Gasteiger partial charge in [0.2, 0.25) is 0 Å². The molecule has 3 aromatic carbocycles. The van der Waals surface area contributed by atoms with Crippen LogP contribution in [0.15, 0.2) is 71.6 Å². The predicted octanol–water partition coefficient (Wildman–Crippen LogP) is 4.94. The van der Waals surface area contributed by atoms with Gasteiger partial charge in [0, 0.05) is 22.8 Å². The first-order chi connectivity index (χ1) is 17.2. The first-order valence-corrected chi connectivity index (χ1v) is 13.6. The highest BCUT2D eigenvalue weighted by molar-refractivity contribution is 7.92. The maximum Gasteiger partial charge on any atom is 0.316 e. The molecule has 1 fully saturated rings. The van der Waals surface area contributed by atoms with Crippen LogP contribution in [-0.4, -0.2) is 33.4 Å². The lowest BCUT2D eigenvalue weighted by atomic mass is 9.96. The molecule has 1 amide bonds. The summed E-state index contributed by atoms with van der Waals surface area (Å²) in [7, 11) is -3.73. The molecule has 1 aliphatic heterocycles. The number of ether oxygens (including phenoxy) is 1. The van der Waals surface area contributed by atoms with Crippen molar-refractivity contribution in [2.75, 3.05) is 22.8 Å². The molecule has 7 nitrogen and oxygen atoms in total. The normalized spacial score (nSPS) is 15.8. The van der Waals surface area contributed by atoms with Crippen molar-refractivity contribution in [1.29, 1.82) is 0 Å². The number of anilines is 2. The highest BCUT2D eigenvalue weighted by Gasteiger charge is 2.52. The number of esters is 1. The summed E-state index contributed by atoms with van der Waals surface area (Å²) in [6, 6.07) is 18.4. The number of carbonyl (C=O) groups is 2. The van der Waals surface area contributed by atoms with Gasteiger partial charge in [-0.05, 0) is 91.9 Å². The van der Waals surface area contributed by atoms with E-state index in [1.807, 2.05) is 12.1 Å². The standard InChI is InChI=1S/C27H25ClN2O5S/c1-2-35-26(32)27(14-15-27)20-4-8-22(9-5-20)29-25(31)19-3-12-24-18(17-19)13-16-30(24)36(33,34)23-10-6-21(28)7-11-23/h3-12,17H,2,13-16H2,1H3,(H,29,31). The van der Waals surface area contributed by atoms with Crippen molar-refractivity contribution in [2.45, 2.75) is 36.5 Å².